The van der Waals surface area contributed by atoms with Crippen LogP contribution in [-0.4, -0.2) is 4.40 Å². The third-order valence-electron chi connectivity index (χ3n) is 9.40. The predicted octanol–water partition coefficient (Wildman–Crippen LogP) is 13.0. The number of furan rings is 1. The molecule has 0 bridgehead atoms. The molecule has 0 aliphatic carbocycles. The van der Waals surface area contributed by atoms with Crippen LogP contribution in [0.5, 0.6) is 0 Å². The standard InChI is InChI=1S/C44H28N2OS/c1-3-12-29(13-4-1)31-24-27-38-37(28-31)42(44-46(38)39-19-8-10-21-41(39)48-44)45(32-14-5-2-6-15-32)33-25-22-30(23-26-33)34-17-11-18-36-35-16-7-9-20-40(35)47-43(34)36/h1-28H. The van der Waals surface area contributed by atoms with Crippen LogP contribution in [0.2, 0.25) is 0 Å². The van der Waals surface area contributed by atoms with Gasteiger partial charge in [0.05, 0.1) is 21.4 Å². The first-order chi connectivity index (χ1) is 23.8. The van der Waals surface area contributed by atoms with Crippen LogP contribution in [0.3, 0.4) is 0 Å². The smallest absolute Gasteiger partial charge is 0.143 e. The van der Waals surface area contributed by atoms with Crippen molar-refractivity contribution in [1.82, 2.24) is 4.40 Å². The van der Waals surface area contributed by atoms with E-state index in [9.17, 15) is 0 Å². The molecule has 3 aromatic heterocycles. The number of nitrogens with zero attached hydrogens (tertiary/aromatic N) is 2. The molecule has 10 aromatic rings. The van der Waals surface area contributed by atoms with Crippen LogP contribution in [0.25, 0.3) is 70.1 Å². The normalized spacial score (nSPS) is 11.8. The molecule has 0 spiro atoms. The van der Waals surface area contributed by atoms with Crippen molar-refractivity contribution < 1.29 is 4.42 Å². The molecule has 0 fully saturated rings. The first kappa shape index (κ1) is 27.1. The van der Waals surface area contributed by atoms with Crippen LogP contribution < -0.4 is 4.90 Å². The van der Waals surface area contributed by atoms with Crippen LogP contribution in [0.1, 0.15) is 0 Å². The number of fused-ring (bicyclic) bond motifs is 8. The van der Waals surface area contributed by atoms with Gasteiger partial charge in [-0.1, -0.05) is 115 Å². The largest absolute Gasteiger partial charge is 0.455 e. The summed E-state index contributed by atoms with van der Waals surface area (Å²) in [6.45, 7) is 0. The van der Waals surface area contributed by atoms with Gasteiger partial charge in [0.25, 0.3) is 0 Å². The molecule has 48 heavy (non-hydrogen) atoms. The first-order valence-corrected chi connectivity index (χ1v) is 17.0. The number of rotatable bonds is 5. The van der Waals surface area contributed by atoms with Crippen molar-refractivity contribution in [1.29, 1.82) is 0 Å². The number of aromatic nitrogens is 1. The van der Waals surface area contributed by atoms with Gasteiger partial charge in [-0.3, -0.25) is 4.40 Å². The third kappa shape index (κ3) is 4.13. The summed E-state index contributed by atoms with van der Waals surface area (Å²) in [6, 6.07) is 60.6. The Labute approximate surface area is 281 Å². The minimum Gasteiger partial charge on any atom is -0.455 e. The third-order valence-corrected chi connectivity index (χ3v) is 10.5. The van der Waals surface area contributed by atoms with Gasteiger partial charge in [-0.2, -0.15) is 0 Å². The van der Waals surface area contributed by atoms with Crippen molar-refractivity contribution in [3.63, 3.8) is 0 Å². The molecule has 0 saturated carbocycles. The van der Waals surface area contributed by atoms with Gasteiger partial charge in [0.1, 0.15) is 16.0 Å². The molecule has 0 aliphatic rings. The van der Waals surface area contributed by atoms with E-state index in [1.807, 2.05) is 23.5 Å². The summed E-state index contributed by atoms with van der Waals surface area (Å²) in [5.41, 5.74) is 12.3. The Kier molecular flexibility index (Phi) is 6.05. The fourth-order valence-corrected chi connectivity index (χ4v) is 8.40. The van der Waals surface area contributed by atoms with Crippen molar-refractivity contribution >= 4 is 76.3 Å². The Morgan fingerprint density at radius 1 is 0.479 bits per heavy atom. The molecule has 0 aliphatic heterocycles. The summed E-state index contributed by atoms with van der Waals surface area (Å²) in [7, 11) is 0. The summed E-state index contributed by atoms with van der Waals surface area (Å²) in [6.07, 6.45) is 0. The van der Waals surface area contributed by atoms with Gasteiger partial charge in [0.2, 0.25) is 0 Å². The van der Waals surface area contributed by atoms with Crippen molar-refractivity contribution in [3.05, 3.63) is 170 Å². The SMILES string of the molecule is c1ccc(-c2ccc3c(c2)c(N(c2ccccc2)c2ccc(-c4cccc5c4oc4ccccc45)cc2)c2sc4ccccc4n23)cc1. The molecule has 3 nitrogen and oxygen atoms in total. The van der Waals surface area contributed by atoms with E-state index < -0.39 is 0 Å². The van der Waals surface area contributed by atoms with Crippen LogP contribution in [0, 0.1) is 0 Å². The second kappa shape index (κ2) is 10.7. The van der Waals surface area contributed by atoms with Gasteiger partial charge in [0.15, 0.2) is 0 Å². The molecule has 7 aromatic carbocycles. The van der Waals surface area contributed by atoms with E-state index in [2.05, 4.69) is 167 Å². The highest BCUT2D eigenvalue weighted by Gasteiger charge is 2.24. The summed E-state index contributed by atoms with van der Waals surface area (Å²) in [5, 5.41) is 3.50. The van der Waals surface area contributed by atoms with E-state index in [1.54, 1.807) is 0 Å². The molecule has 0 saturated heterocycles. The number of para-hydroxylation sites is 4. The molecule has 0 atom stereocenters. The Morgan fingerprint density at radius 2 is 1.17 bits per heavy atom. The first-order valence-electron chi connectivity index (χ1n) is 16.2. The lowest BCUT2D eigenvalue weighted by atomic mass is 10.0. The van der Waals surface area contributed by atoms with Crippen molar-refractivity contribution in [2.75, 3.05) is 4.90 Å². The van der Waals surface area contributed by atoms with E-state index >= 15 is 0 Å². The Hall–Kier alpha value is -6.10. The molecular weight excluding hydrogens is 605 g/mol. The molecular formula is C44H28N2OS. The van der Waals surface area contributed by atoms with Crippen molar-refractivity contribution in [3.8, 4) is 22.3 Å². The van der Waals surface area contributed by atoms with Crippen LogP contribution in [0.15, 0.2) is 174 Å². The Morgan fingerprint density at radius 3 is 2.02 bits per heavy atom. The van der Waals surface area contributed by atoms with Crippen molar-refractivity contribution in [2.24, 2.45) is 0 Å². The van der Waals surface area contributed by atoms with E-state index in [0.29, 0.717) is 0 Å². The van der Waals surface area contributed by atoms with Crippen LogP contribution in [-0.2, 0) is 0 Å². The highest BCUT2D eigenvalue weighted by Crippen LogP contribution is 2.48. The molecule has 0 N–H and O–H groups in total. The predicted molar refractivity (Wildman–Crippen MR) is 203 cm³/mol. The second-order valence-electron chi connectivity index (χ2n) is 12.2. The maximum absolute atomic E-state index is 6.40. The van der Waals surface area contributed by atoms with E-state index in [1.165, 1.54) is 42.8 Å². The maximum atomic E-state index is 6.40. The van der Waals surface area contributed by atoms with Crippen molar-refractivity contribution in [2.45, 2.75) is 0 Å². The highest BCUT2D eigenvalue weighted by molar-refractivity contribution is 7.24. The molecule has 0 unspecified atom stereocenters. The fourth-order valence-electron chi connectivity index (χ4n) is 7.19. The number of benzene rings is 7. The number of thiazole rings is 1. The molecule has 0 amide bonds. The minimum absolute atomic E-state index is 0.912. The van der Waals surface area contributed by atoms with E-state index in [-0.39, 0.29) is 0 Å². The highest BCUT2D eigenvalue weighted by atomic mass is 32.1. The molecule has 10 rings (SSSR count). The average molecular weight is 633 g/mol. The maximum Gasteiger partial charge on any atom is 0.143 e. The van der Waals surface area contributed by atoms with Crippen LogP contribution >= 0.6 is 11.3 Å². The topological polar surface area (TPSA) is 20.8 Å². The Balaban J connectivity index is 1.21. The summed E-state index contributed by atoms with van der Waals surface area (Å²) in [4.78, 5) is 3.64. The monoisotopic (exact) mass is 632 g/mol. The number of anilines is 3. The number of hydrogen-bond donors (Lipinski definition) is 0. The minimum atomic E-state index is 0.912. The summed E-state index contributed by atoms with van der Waals surface area (Å²) >= 11 is 1.85. The average Bonchev–Trinajstić information content (AvgIpc) is 3.82. The van der Waals surface area contributed by atoms with Crippen LogP contribution in [0.4, 0.5) is 17.1 Å². The van der Waals surface area contributed by atoms with Gasteiger partial charge in [-0.05, 0) is 71.3 Å². The van der Waals surface area contributed by atoms with E-state index in [0.717, 1.165) is 44.4 Å². The lowest BCUT2D eigenvalue weighted by molar-refractivity contribution is 0.670. The molecule has 226 valence electrons. The van der Waals surface area contributed by atoms with Gasteiger partial charge in [-0.15, -0.1) is 11.3 Å². The second-order valence-corrected chi connectivity index (χ2v) is 13.2. The fraction of sp³-hybridized carbons (Fsp3) is 0. The summed E-state index contributed by atoms with van der Waals surface area (Å²) < 4.78 is 10.1. The number of hydrogen-bond acceptors (Lipinski definition) is 3. The lowest BCUT2D eigenvalue weighted by Gasteiger charge is -2.25. The quantitative estimate of drug-likeness (QED) is 0.188. The van der Waals surface area contributed by atoms with Gasteiger partial charge in [0, 0.05) is 33.1 Å². The Bertz CT molecular complexity index is 2770. The van der Waals surface area contributed by atoms with E-state index in [4.69, 9.17) is 4.42 Å². The zero-order valence-electron chi connectivity index (χ0n) is 25.9. The molecule has 0 radical (unpaired) electrons. The van der Waals surface area contributed by atoms with Gasteiger partial charge < -0.3 is 9.32 Å². The molecule has 4 heteroatoms. The van der Waals surface area contributed by atoms with Gasteiger partial charge in [-0.25, -0.2) is 0 Å². The zero-order valence-corrected chi connectivity index (χ0v) is 26.7. The molecule has 3 heterocycles. The lowest BCUT2D eigenvalue weighted by Crippen LogP contribution is -2.09. The zero-order chi connectivity index (χ0) is 31.6. The van der Waals surface area contributed by atoms with Gasteiger partial charge >= 0.3 is 0 Å². The summed E-state index contributed by atoms with van der Waals surface area (Å²) in [5.74, 6) is 0.